The number of halogens is 2. The molecule has 0 atom stereocenters. The van der Waals surface area contributed by atoms with Crippen LogP contribution in [-0.4, -0.2) is 36.2 Å². The molecule has 1 aliphatic rings. The average Bonchev–Trinajstić information content (AvgIpc) is 3.59. The number of rotatable bonds is 7. The van der Waals surface area contributed by atoms with Gasteiger partial charge < -0.3 is 5.32 Å². The van der Waals surface area contributed by atoms with Crippen LogP contribution in [0.3, 0.4) is 0 Å². The van der Waals surface area contributed by atoms with E-state index >= 15 is 0 Å². The number of aromatic nitrogens is 5. The van der Waals surface area contributed by atoms with Crippen molar-refractivity contribution in [3.8, 4) is 17.1 Å². The van der Waals surface area contributed by atoms with Gasteiger partial charge >= 0.3 is 0 Å². The van der Waals surface area contributed by atoms with Gasteiger partial charge in [0.25, 0.3) is 0 Å². The highest BCUT2D eigenvalue weighted by molar-refractivity contribution is 7.99. The lowest BCUT2D eigenvalue weighted by Crippen LogP contribution is -2.19. The van der Waals surface area contributed by atoms with Crippen LogP contribution in [0, 0.1) is 11.6 Å². The fourth-order valence-corrected chi connectivity index (χ4v) is 4.92. The number of benzene rings is 2. The maximum Gasteiger partial charge on any atom is 0.235 e. The Hall–Kier alpha value is -3.53. The van der Waals surface area contributed by atoms with Gasteiger partial charge in [-0.05, 0) is 25.0 Å². The topological polar surface area (TPSA) is 77.6 Å². The Morgan fingerprint density at radius 2 is 1.85 bits per heavy atom. The fourth-order valence-electron chi connectivity index (χ4n) is 4.18. The highest BCUT2D eigenvalue weighted by atomic mass is 32.2. The van der Waals surface area contributed by atoms with E-state index in [1.54, 1.807) is 12.3 Å². The van der Waals surface area contributed by atoms with E-state index in [9.17, 15) is 13.6 Å². The summed E-state index contributed by atoms with van der Waals surface area (Å²) in [5.41, 5.74) is 0.822. The predicted octanol–water partition coefficient (Wildman–Crippen LogP) is 5.25. The van der Waals surface area contributed by atoms with Crippen LogP contribution in [0.25, 0.3) is 17.1 Å². The molecule has 0 saturated heterocycles. The van der Waals surface area contributed by atoms with E-state index < -0.39 is 11.6 Å². The smallest absolute Gasteiger partial charge is 0.235 e. The zero-order valence-corrected chi connectivity index (χ0v) is 19.0. The van der Waals surface area contributed by atoms with E-state index in [1.165, 1.54) is 16.7 Å². The fraction of sp³-hybridized carbons (Fsp3) is 0.250. The Morgan fingerprint density at radius 1 is 1.06 bits per heavy atom. The summed E-state index contributed by atoms with van der Waals surface area (Å²) in [7, 11) is 0. The molecule has 1 aliphatic carbocycles. The molecule has 0 aliphatic heterocycles. The van der Waals surface area contributed by atoms with Crippen LogP contribution in [0.4, 0.5) is 14.6 Å². The van der Waals surface area contributed by atoms with Gasteiger partial charge in [-0.2, -0.15) is 5.10 Å². The Bertz CT molecular complexity index is 1300. The minimum Gasteiger partial charge on any atom is -0.310 e. The zero-order valence-electron chi connectivity index (χ0n) is 18.2. The molecule has 1 fully saturated rings. The monoisotopic (exact) mass is 480 g/mol. The van der Waals surface area contributed by atoms with Crippen molar-refractivity contribution in [2.45, 2.75) is 36.9 Å². The molecule has 2 heterocycles. The second-order valence-electron chi connectivity index (χ2n) is 8.04. The third-order valence-corrected chi connectivity index (χ3v) is 6.69. The van der Waals surface area contributed by atoms with Gasteiger partial charge in [0.05, 0.1) is 23.7 Å². The van der Waals surface area contributed by atoms with Gasteiger partial charge in [0.1, 0.15) is 17.5 Å². The molecular weight excluding hydrogens is 458 g/mol. The van der Waals surface area contributed by atoms with Crippen molar-refractivity contribution >= 4 is 23.5 Å². The molecule has 10 heteroatoms. The summed E-state index contributed by atoms with van der Waals surface area (Å²) in [6.45, 7) is 0. The van der Waals surface area contributed by atoms with Gasteiger partial charge in [-0.15, -0.1) is 10.2 Å². The lowest BCUT2D eigenvalue weighted by Gasteiger charge is -2.14. The normalized spacial score (nSPS) is 13.9. The number of amides is 1. The number of anilines is 1. The number of carbonyl (C=O) groups excluding carboxylic acids is 1. The first-order valence-corrected chi connectivity index (χ1v) is 12.0. The lowest BCUT2D eigenvalue weighted by atomic mass is 10.2. The van der Waals surface area contributed by atoms with E-state index in [2.05, 4.69) is 20.6 Å². The zero-order chi connectivity index (χ0) is 23.5. The van der Waals surface area contributed by atoms with Crippen LogP contribution in [-0.2, 0) is 4.79 Å². The first kappa shape index (κ1) is 22.3. The summed E-state index contributed by atoms with van der Waals surface area (Å²) in [6, 6.07) is 14.6. The number of nitrogens with zero attached hydrogens (tertiary/aromatic N) is 5. The molecule has 0 radical (unpaired) electrons. The van der Waals surface area contributed by atoms with Crippen molar-refractivity contribution in [3.63, 3.8) is 0 Å². The minimum atomic E-state index is -0.747. The highest BCUT2D eigenvalue weighted by Crippen LogP contribution is 2.32. The van der Waals surface area contributed by atoms with Gasteiger partial charge in [0, 0.05) is 17.7 Å². The number of thioether (sulfide) groups is 1. The predicted molar refractivity (Wildman–Crippen MR) is 126 cm³/mol. The molecule has 0 unspecified atom stereocenters. The van der Waals surface area contributed by atoms with E-state index in [0.29, 0.717) is 22.8 Å². The number of nitrogens with one attached hydrogen (secondary N) is 1. The molecule has 174 valence electrons. The van der Waals surface area contributed by atoms with Crippen molar-refractivity contribution in [3.05, 3.63) is 72.4 Å². The van der Waals surface area contributed by atoms with Crippen LogP contribution in [0.1, 0.15) is 31.7 Å². The van der Waals surface area contributed by atoms with E-state index in [-0.39, 0.29) is 17.3 Å². The lowest BCUT2D eigenvalue weighted by molar-refractivity contribution is -0.113. The average molecular weight is 481 g/mol. The molecule has 34 heavy (non-hydrogen) atoms. The maximum atomic E-state index is 14.7. The third-order valence-electron chi connectivity index (χ3n) is 5.76. The SMILES string of the molecule is O=C(CSc1nnc(-c2ccccc2)n1-c1ccc(F)cc1F)Nc1ccnn1C1CCCC1. The molecule has 7 nitrogen and oxygen atoms in total. The molecule has 0 spiro atoms. The Morgan fingerprint density at radius 3 is 2.62 bits per heavy atom. The summed E-state index contributed by atoms with van der Waals surface area (Å²) < 4.78 is 31.6. The number of hydrogen-bond donors (Lipinski definition) is 1. The molecule has 1 saturated carbocycles. The number of hydrogen-bond acceptors (Lipinski definition) is 5. The van der Waals surface area contributed by atoms with Crippen molar-refractivity contribution in [2.75, 3.05) is 11.1 Å². The largest absolute Gasteiger partial charge is 0.310 e. The van der Waals surface area contributed by atoms with Gasteiger partial charge in [-0.3, -0.25) is 9.36 Å². The summed E-state index contributed by atoms with van der Waals surface area (Å²) >= 11 is 1.13. The van der Waals surface area contributed by atoms with Crippen LogP contribution in [0.2, 0.25) is 0 Å². The Kier molecular flexibility index (Phi) is 6.39. The Balaban J connectivity index is 1.38. The van der Waals surface area contributed by atoms with E-state index in [4.69, 9.17) is 0 Å². The van der Waals surface area contributed by atoms with Crippen LogP contribution >= 0.6 is 11.8 Å². The van der Waals surface area contributed by atoms with Crippen LogP contribution in [0.15, 0.2) is 66.0 Å². The van der Waals surface area contributed by atoms with Crippen LogP contribution in [0.5, 0.6) is 0 Å². The third kappa shape index (κ3) is 4.58. The van der Waals surface area contributed by atoms with E-state index in [0.717, 1.165) is 49.1 Å². The second-order valence-corrected chi connectivity index (χ2v) is 8.98. The maximum absolute atomic E-state index is 14.7. The summed E-state index contributed by atoms with van der Waals surface area (Å²) in [5, 5.41) is 16.0. The van der Waals surface area contributed by atoms with Crippen molar-refractivity contribution < 1.29 is 13.6 Å². The number of carbonyl (C=O) groups is 1. The highest BCUT2D eigenvalue weighted by Gasteiger charge is 2.22. The molecule has 2 aromatic carbocycles. The molecule has 0 bridgehead atoms. The summed E-state index contributed by atoms with van der Waals surface area (Å²) in [4.78, 5) is 12.7. The summed E-state index contributed by atoms with van der Waals surface area (Å²) in [6.07, 6.45) is 6.10. The minimum absolute atomic E-state index is 0.0333. The van der Waals surface area contributed by atoms with Gasteiger partial charge in [-0.25, -0.2) is 13.5 Å². The first-order chi connectivity index (χ1) is 16.6. The molecule has 2 aromatic heterocycles. The quantitative estimate of drug-likeness (QED) is 0.366. The van der Waals surface area contributed by atoms with Crippen molar-refractivity contribution in [1.29, 1.82) is 0 Å². The van der Waals surface area contributed by atoms with Crippen molar-refractivity contribution in [1.82, 2.24) is 24.5 Å². The summed E-state index contributed by atoms with van der Waals surface area (Å²) in [5.74, 6) is -0.570. The molecule has 1 amide bonds. The first-order valence-electron chi connectivity index (χ1n) is 11.0. The Labute approximate surface area is 199 Å². The molecule has 4 aromatic rings. The van der Waals surface area contributed by atoms with Crippen molar-refractivity contribution in [2.24, 2.45) is 0 Å². The second kappa shape index (κ2) is 9.76. The van der Waals surface area contributed by atoms with Gasteiger partial charge in [-0.1, -0.05) is 54.9 Å². The van der Waals surface area contributed by atoms with Gasteiger partial charge in [0.15, 0.2) is 11.0 Å². The molecule has 1 N–H and O–H groups in total. The van der Waals surface area contributed by atoms with E-state index in [1.807, 2.05) is 35.0 Å². The standard InChI is InChI=1S/C24H22F2N6OS/c25-17-10-11-20(19(26)14-17)31-23(16-6-2-1-3-7-16)29-30-24(31)34-15-22(33)28-21-12-13-27-32(21)18-8-4-5-9-18/h1-3,6-7,10-14,18H,4-5,8-9,15H2,(H,28,33). The molecular formula is C24H22F2N6OS. The molecule has 5 rings (SSSR count). The van der Waals surface area contributed by atoms with Crippen LogP contribution < -0.4 is 5.32 Å². The van der Waals surface area contributed by atoms with Gasteiger partial charge in [0.2, 0.25) is 5.91 Å².